The van der Waals surface area contributed by atoms with Crippen LogP contribution in [0.4, 0.5) is 5.69 Å². The Labute approximate surface area is 186 Å². The van der Waals surface area contributed by atoms with Crippen LogP contribution in [0.15, 0.2) is 69.0 Å². The number of rotatable bonds is 7. The fourth-order valence-corrected chi connectivity index (χ4v) is 3.23. The van der Waals surface area contributed by atoms with Gasteiger partial charge in [0.1, 0.15) is 17.6 Å². The summed E-state index contributed by atoms with van der Waals surface area (Å²) in [5.74, 6) is -0.568. The number of carbonyl (C=O) groups excluding carboxylic acids is 1. The molecule has 4 aromatic rings. The molecule has 4 rings (SSSR count). The first-order valence-electron chi connectivity index (χ1n) is 9.88. The lowest BCUT2D eigenvalue weighted by Gasteiger charge is -2.07. The molecule has 2 heterocycles. The van der Waals surface area contributed by atoms with Crippen molar-refractivity contribution < 1.29 is 14.2 Å². The van der Waals surface area contributed by atoms with E-state index in [2.05, 4.69) is 20.8 Å². The molecule has 0 radical (unpaired) electrons. The summed E-state index contributed by atoms with van der Waals surface area (Å²) < 4.78 is 6.39. The predicted molar refractivity (Wildman–Crippen MR) is 119 cm³/mol. The highest BCUT2D eigenvalue weighted by molar-refractivity contribution is 5.83. The first kappa shape index (κ1) is 21.6. The molecular formula is C22H18N6O5. The monoisotopic (exact) mass is 446 g/mol. The number of nitro benzene ring substituents is 1. The largest absolute Gasteiger partial charge is 0.354 e. The lowest BCUT2D eigenvalue weighted by molar-refractivity contribution is -0.384. The molecule has 0 aliphatic carbocycles. The molecule has 1 amide bonds. The average Bonchev–Trinajstić information content (AvgIpc) is 3.20. The molecule has 0 aliphatic heterocycles. The van der Waals surface area contributed by atoms with Gasteiger partial charge in [-0.25, -0.2) is 10.1 Å². The van der Waals surface area contributed by atoms with Crippen LogP contribution < -0.4 is 11.0 Å². The van der Waals surface area contributed by atoms with Gasteiger partial charge in [-0.3, -0.25) is 19.7 Å². The third kappa shape index (κ3) is 4.82. The minimum absolute atomic E-state index is 0.0487. The number of aryl methyl sites for hydroxylation is 1. The summed E-state index contributed by atoms with van der Waals surface area (Å²) in [6.45, 7) is 1.29. The van der Waals surface area contributed by atoms with E-state index in [0.29, 0.717) is 29.0 Å². The number of fused-ring (bicyclic) bond motifs is 1. The van der Waals surface area contributed by atoms with E-state index < -0.39 is 16.4 Å². The Morgan fingerprint density at radius 3 is 2.64 bits per heavy atom. The standard InChI is InChI=1S/C22H18N6O5/c1-14-20-21(33-26-14)18(11-15-5-3-2-4-6-15)25-27(22(20)30)13-19(29)24-23-12-16-7-9-17(10-8-16)28(31)32/h2-10,12H,11,13H2,1H3,(H,24,29)/b23-12-. The van der Waals surface area contributed by atoms with Crippen LogP contribution in [-0.2, 0) is 17.8 Å². The van der Waals surface area contributed by atoms with E-state index in [0.717, 1.165) is 10.2 Å². The number of nitro groups is 1. The van der Waals surface area contributed by atoms with Crippen LogP contribution in [0.1, 0.15) is 22.5 Å². The molecule has 0 unspecified atom stereocenters. The molecule has 2 aromatic heterocycles. The fraction of sp³-hybridized carbons (Fsp3) is 0.136. The molecule has 0 bridgehead atoms. The zero-order valence-corrected chi connectivity index (χ0v) is 17.5. The fourth-order valence-electron chi connectivity index (χ4n) is 3.23. The van der Waals surface area contributed by atoms with Gasteiger partial charge in [0, 0.05) is 18.6 Å². The number of non-ortho nitro benzene ring substituents is 1. The minimum atomic E-state index is -0.568. The van der Waals surface area contributed by atoms with Gasteiger partial charge in [-0.05, 0) is 30.2 Å². The third-order valence-electron chi connectivity index (χ3n) is 4.83. The third-order valence-corrected chi connectivity index (χ3v) is 4.83. The van der Waals surface area contributed by atoms with Crippen molar-refractivity contribution in [2.75, 3.05) is 0 Å². The van der Waals surface area contributed by atoms with Crippen molar-refractivity contribution >= 4 is 28.8 Å². The number of aromatic nitrogens is 3. The number of hydrazone groups is 1. The summed E-state index contributed by atoms with van der Waals surface area (Å²) in [6.07, 6.45) is 1.73. The predicted octanol–water partition coefficient (Wildman–Crippen LogP) is 2.34. The second kappa shape index (κ2) is 9.22. The Bertz CT molecular complexity index is 1410. The normalized spacial score (nSPS) is 11.2. The Hall–Kier alpha value is -4.67. The Kier molecular flexibility index (Phi) is 6.02. The van der Waals surface area contributed by atoms with Crippen molar-refractivity contribution in [2.24, 2.45) is 5.10 Å². The molecule has 2 aromatic carbocycles. The van der Waals surface area contributed by atoms with Crippen LogP contribution in [0.3, 0.4) is 0 Å². The highest BCUT2D eigenvalue weighted by Crippen LogP contribution is 2.19. The first-order chi connectivity index (χ1) is 15.9. The van der Waals surface area contributed by atoms with E-state index in [1.54, 1.807) is 6.92 Å². The highest BCUT2D eigenvalue weighted by atomic mass is 16.6. The van der Waals surface area contributed by atoms with Crippen LogP contribution in [0.25, 0.3) is 11.0 Å². The number of hydrogen-bond acceptors (Lipinski definition) is 8. The number of amides is 1. The molecule has 1 N–H and O–H groups in total. The SMILES string of the molecule is Cc1noc2c(Cc3ccccc3)nn(CC(=O)N/N=C\c3ccc([N+](=O)[O-])cc3)c(=O)c12. The molecule has 0 saturated carbocycles. The maximum absolute atomic E-state index is 12.9. The summed E-state index contributed by atoms with van der Waals surface area (Å²) in [4.78, 5) is 35.4. The van der Waals surface area contributed by atoms with Gasteiger partial charge in [0.05, 0.1) is 16.8 Å². The van der Waals surface area contributed by atoms with E-state index in [4.69, 9.17) is 4.52 Å². The zero-order valence-electron chi connectivity index (χ0n) is 17.5. The van der Waals surface area contributed by atoms with Gasteiger partial charge in [-0.2, -0.15) is 10.2 Å². The smallest absolute Gasteiger partial charge is 0.280 e. The summed E-state index contributed by atoms with van der Waals surface area (Å²) >= 11 is 0. The van der Waals surface area contributed by atoms with E-state index >= 15 is 0 Å². The van der Waals surface area contributed by atoms with Crippen LogP contribution in [-0.4, -0.2) is 32.0 Å². The van der Waals surface area contributed by atoms with Crippen LogP contribution >= 0.6 is 0 Å². The molecule has 0 atom stereocenters. The molecule has 0 fully saturated rings. The van der Waals surface area contributed by atoms with Crippen molar-refractivity contribution in [3.05, 3.63) is 97.6 Å². The van der Waals surface area contributed by atoms with Crippen molar-refractivity contribution in [1.29, 1.82) is 0 Å². The number of benzene rings is 2. The summed E-state index contributed by atoms with van der Waals surface area (Å²) in [7, 11) is 0. The van der Waals surface area contributed by atoms with Gasteiger partial charge >= 0.3 is 0 Å². The molecule has 166 valence electrons. The topological polar surface area (TPSA) is 146 Å². The van der Waals surface area contributed by atoms with E-state index in [1.165, 1.54) is 30.5 Å². The maximum Gasteiger partial charge on any atom is 0.280 e. The van der Waals surface area contributed by atoms with Gasteiger partial charge in [0.2, 0.25) is 0 Å². The van der Waals surface area contributed by atoms with E-state index in [-0.39, 0.29) is 17.6 Å². The van der Waals surface area contributed by atoms with Gasteiger partial charge < -0.3 is 4.52 Å². The van der Waals surface area contributed by atoms with Crippen molar-refractivity contribution in [1.82, 2.24) is 20.4 Å². The number of nitrogens with one attached hydrogen (secondary N) is 1. The summed E-state index contributed by atoms with van der Waals surface area (Å²) in [5, 5.41) is 23.0. The second-order valence-corrected chi connectivity index (χ2v) is 7.19. The summed E-state index contributed by atoms with van der Waals surface area (Å²) in [5.41, 5.74) is 4.51. The molecule has 33 heavy (non-hydrogen) atoms. The van der Waals surface area contributed by atoms with Crippen LogP contribution in [0, 0.1) is 17.0 Å². The summed E-state index contributed by atoms with van der Waals surface area (Å²) in [6, 6.07) is 15.2. The number of carbonyl (C=O) groups is 1. The Morgan fingerprint density at radius 2 is 1.94 bits per heavy atom. The van der Waals surface area contributed by atoms with Crippen molar-refractivity contribution in [3.63, 3.8) is 0 Å². The Morgan fingerprint density at radius 1 is 1.21 bits per heavy atom. The quantitative estimate of drug-likeness (QED) is 0.260. The van der Waals surface area contributed by atoms with E-state index in [9.17, 15) is 19.7 Å². The molecule has 11 nitrogen and oxygen atoms in total. The minimum Gasteiger partial charge on any atom is -0.354 e. The van der Waals surface area contributed by atoms with Crippen LogP contribution in [0.5, 0.6) is 0 Å². The zero-order chi connectivity index (χ0) is 23.4. The van der Waals surface area contributed by atoms with Crippen LogP contribution in [0.2, 0.25) is 0 Å². The number of hydrogen-bond donors (Lipinski definition) is 1. The molecule has 0 spiro atoms. The maximum atomic E-state index is 12.9. The lowest BCUT2D eigenvalue weighted by Crippen LogP contribution is -2.32. The van der Waals surface area contributed by atoms with Crippen molar-refractivity contribution in [2.45, 2.75) is 19.9 Å². The number of nitrogens with zero attached hydrogens (tertiary/aromatic N) is 5. The van der Waals surface area contributed by atoms with Gasteiger partial charge in [0.25, 0.3) is 17.2 Å². The average molecular weight is 446 g/mol. The van der Waals surface area contributed by atoms with Gasteiger partial charge in [-0.15, -0.1) is 0 Å². The van der Waals surface area contributed by atoms with Gasteiger partial charge in [-0.1, -0.05) is 35.5 Å². The second-order valence-electron chi connectivity index (χ2n) is 7.19. The Balaban J connectivity index is 1.53. The highest BCUT2D eigenvalue weighted by Gasteiger charge is 2.19. The molecule has 11 heteroatoms. The molecule has 0 saturated heterocycles. The van der Waals surface area contributed by atoms with Gasteiger partial charge in [0.15, 0.2) is 5.58 Å². The first-order valence-corrected chi connectivity index (χ1v) is 9.88. The van der Waals surface area contributed by atoms with E-state index in [1.807, 2.05) is 30.3 Å². The lowest BCUT2D eigenvalue weighted by atomic mass is 10.1. The molecule has 0 aliphatic rings. The molecular weight excluding hydrogens is 428 g/mol. The van der Waals surface area contributed by atoms with Crippen molar-refractivity contribution in [3.8, 4) is 0 Å².